The minimum atomic E-state index is -0.413. The van der Waals surface area contributed by atoms with Crippen LogP contribution in [0.25, 0.3) is 0 Å². The average Bonchev–Trinajstić information content (AvgIpc) is 2.46. The lowest BCUT2D eigenvalue weighted by Crippen LogP contribution is -2.22. The smallest absolute Gasteiger partial charge is 0.264 e. The number of amides is 1. The Hall–Kier alpha value is -2.05. The van der Waals surface area contributed by atoms with Gasteiger partial charge in [-0.2, -0.15) is 4.98 Å². The molecule has 2 aromatic rings. The highest BCUT2D eigenvalue weighted by molar-refractivity contribution is 6.35. The number of benzene rings is 1. The van der Waals surface area contributed by atoms with Crippen LogP contribution in [0.4, 0.5) is 5.95 Å². The second kappa shape index (κ2) is 7.99. The number of rotatable bonds is 6. The molecular formula is C15H15Cl2N3O3. The lowest BCUT2D eigenvalue weighted by Gasteiger charge is -2.09. The molecule has 0 aliphatic rings. The second-order valence-corrected chi connectivity index (χ2v) is 5.36. The molecule has 1 aromatic carbocycles. The summed E-state index contributed by atoms with van der Waals surface area (Å²) in [6.07, 6.45) is 0. The fraction of sp³-hybridized carbons (Fsp3) is 0.267. The number of carbonyl (C=O) groups is 1. The first kappa shape index (κ1) is 17.3. The van der Waals surface area contributed by atoms with E-state index in [1.165, 1.54) is 6.07 Å². The van der Waals surface area contributed by atoms with Crippen LogP contribution < -0.4 is 14.8 Å². The first-order valence-electron chi connectivity index (χ1n) is 6.84. The van der Waals surface area contributed by atoms with E-state index in [2.05, 4.69) is 15.3 Å². The van der Waals surface area contributed by atoms with Gasteiger partial charge in [0.1, 0.15) is 5.75 Å². The second-order valence-electron chi connectivity index (χ2n) is 4.52. The Morgan fingerprint density at radius 2 is 2.00 bits per heavy atom. The normalized spacial score (nSPS) is 10.3. The third-order valence-corrected chi connectivity index (χ3v) is 3.16. The van der Waals surface area contributed by atoms with Crippen LogP contribution in [0.15, 0.2) is 24.3 Å². The van der Waals surface area contributed by atoms with Crippen molar-refractivity contribution >= 4 is 35.1 Å². The number of nitrogens with one attached hydrogen (secondary N) is 1. The molecule has 0 bridgehead atoms. The maximum atomic E-state index is 11.9. The van der Waals surface area contributed by atoms with Crippen LogP contribution in [-0.2, 0) is 4.79 Å². The van der Waals surface area contributed by atoms with Crippen molar-refractivity contribution in [1.82, 2.24) is 9.97 Å². The van der Waals surface area contributed by atoms with E-state index < -0.39 is 5.91 Å². The van der Waals surface area contributed by atoms with Crippen LogP contribution in [0.2, 0.25) is 10.0 Å². The molecule has 0 unspecified atom stereocenters. The standard InChI is InChI=1S/C15H15Cl2N3O3/c1-3-22-14-6-9(2)18-15(20-14)19-13(21)8-23-12-5-4-10(16)7-11(12)17/h4-7H,3,8H2,1-2H3,(H,18,19,20,21). The van der Waals surface area contributed by atoms with Crippen molar-refractivity contribution in [2.75, 3.05) is 18.5 Å². The van der Waals surface area contributed by atoms with Gasteiger partial charge >= 0.3 is 0 Å². The first-order chi connectivity index (χ1) is 11.0. The molecular weight excluding hydrogens is 341 g/mol. The molecule has 0 radical (unpaired) electrons. The van der Waals surface area contributed by atoms with Gasteiger partial charge in [-0.3, -0.25) is 10.1 Å². The topological polar surface area (TPSA) is 73.3 Å². The molecule has 0 aliphatic carbocycles. The van der Waals surface area contributed by atoms with E-state index in [4.69, 9.17) is 32.7 Å². The van der Waals surface area contributed by atoms with Crippen molar-refractivity contribution in [2.45, 2.75) is 13.8 Å². The van der Waals surface area contributed by atoms with E-state index in [0.717, 1.165) is 0 Å². The van der Waals surface area contributed by atoms with E-state index in [1.54, 1.807) is 25.1 Å². The maximum Gasteiger partial charge on any atom is 0.264 e. The van der Waals surface area contributed by atoms with E-state index in [-0.39, 0.29) is 12.6 Å². The molecule has 1 aromatic heterocycles. The maximum absolute atomic E-state index is 11.9. The summed E-state index contributed by atoms with van der Waals surface area (Å²) in [7, 11) is 0. The van der Waals surface area contributed by atoms with Gasteiger partial charge in [-0.05, 0) is 32.0 Å². The Morgan fingerprint density at radius 1 is 1.22 bits per heavy atom. The Balaban J connectivity index is 1.97. The number of aryl methyl sites for hydroxylation is 1. The predicted octanol–water partition coefficient (Wildman–Crippen LogP) is 3.51. The van der Waals surface area contributed by atoms with Crippen LogP contribution >= 0.6 is 23.2 Å². The highest BCUT2D eigenvalue weighted by atomic mass is 35.5. The highest BCUT2D eigenvalue weighted by Gasteiger charge is 2.10. The molecule has 0 aliphatic heterocycles. The third kappa shape index (κ3) is 5.26. The van der Waals surface area contributed by atoms with Gasteiger partial charge in [0.25, 0.3) is 5.91 Å². The average molecular weight is 356 g/mol. The lowest BCUT2D eigenvalue weighted by molar-refractivity contribution is -0.118. The van der Waals surface area contributed by atoms with Crippen molar-refractivity contribution in [1.29, 1.82) is 0 Å². The Kier molecular flexibility index (Phi) is 6.01. The summed E-state index contributed by atoms with van der Waals surface area (Å²) in [5.41, 5.74) is 0.681. The summed E-state index contributed by atoms with van der Waals surface area (Å²) in [5.74, 6) is 0.511. The molecule has 6 nitrogen and oxygen atoms in total. The van der Waals surface area contributed by atoms with Crippen molar-refractivity contribution in [3.05, 3.63) is 40.0 Å². The molecule has 2 rings (SSSR count). The number of hydrogen-bond acceptors (Lipinski definition) is 5. The summed E-state index contributed by atoms with van der Waals surface area (Å²) >= 11 is 11.8. The van der Waals surface area contributed by atoms with E-state index in [9.17, 15) is 4.79 Å². The molecule has 1 N–H and O–H groups in total. The van der Waals surface area contributed by atoms with Gasteiger partial charge in [-0.1, -0.05) is 23.2 Å². The summed E-state index contributed by atoms with van der Waals surface area (Å²) in [5, 5.41) is 3.37. The molecule has 0 saturated carbocycles. The summed E-state index contributed by atoms with van der Waals surface area (Å²) in [4.78, 5) is 20.1. The van der Waals surface area contributed by atoms with Crippen molar-refractivity contribution in [3.8, 4) is 11.6 Å². The van der Waals surface area contributed by atoms with Crippen LogP contribution in [0.3, 0.4) is 0 Å². The zero-order valence-electron chi connectivity index (χ0n) is 12.6. The van der Waals surface area contributed by atoms with Crippen molar-refractivity contribution < 1.29 is 14.3 Å². The number of nitrogens with zero attached hydrogens (tertiary/aromatic N) is 2. The fourth-order valence-electron chi connectivity index (χ4n) is 1.71. The molecule has 0 saturated heterocycles. The fourth-order valence-corrected chi connectivity index (χ4v) is 2.18. The van der Waals surface area contributed by atoms with Gasteiger partial charge < -0.3 is 9.47 Å². The Labute approximate surface area is 143 Å². The number of ether oxygens (including phenoxy) is 2. The minimum absolute atomic E-state index is 0.157. The zero-order valence-corrected chi connectivity index (χ0v) is 14.1. The van der Waals surface area contributed by atoms with Gasteiger partial charge in [0, 0.05) is 16.8 Å². The van der Waals surface area contributed by atoms with E-state index in [0.29, 0.717) is 34.0 Å². The monoisotopic (exact) mass is 355 g/mol. The molecule has 1 heterocycles. The van der Waals surface area contributed by atoms with Crippen molar-refractivity contribution in [3.63, 3.8) is 0 Å². The largest absolute Gasteiger partial charge is 0.482 e. The zero-order chi connectivity index (χ0) is 16.8. The minimum Gasteiger partial charge on any atom is -0.482 e. The van der Waals surface area contributed by atoms with E-state index in [1.807, 2.05) is 6.92 Å². The summed E-state index contributed by atoms with van der Waals surface area (Å²) in [6, 6.07) is 6.44. The van der Waals surface area contributed by atoms with Crippen LogP contribution in [-0.4, -0.2) is 29.1 Å². The summed E-state index contributed by atoms with van der Waals surface area (Å²) < 4.78 is 10.6. The van der Waals surface area contributed by atoms with Gasteiger partial charge in [0.15, 0.2) is 6.61 Å². The Morgan fingerprint density at radius 3 is 2.70 bits per heavy atom. The Bertz CT molecular complexity index is 710. The number of hydrogen-bond donors (Lipinski definition) is 1. The highest BCUT2D eigenvalue weighted by Crippen LogP contribution is 2.27. The number of carbonyl (C=O) groups excluding carboxylic acids is 1. The van der Waals surface area contributed by atoms with Gasteiger partial charge in [0.2, 0.25) is 11.8 Å². The molecule has 23 heavy (non-hydrogen) atoms. The van der Waals surface area contributed by atoms with Gasteiger partial charge in [-0.25, -0.2) is 4.98 Å². The number of anilines is 1. The molecule has 122 valence electrons. The predicted molar refractivity (Wildman–Crippen MR) is 88.5 cm³/mol. The quantitative estimate of drug-likeness (QED) is 0.858. The van der Waals surface area contributed by atoms with Gasteiger partial charge in [-0.15, -0.1) is 0 Å². The first-order valence-corrected chi connectivity index (χ1v) is 7.59. The van der Waals surface area contributed by atoms with E-state index >= 15 is 0 Å². The van der Waals surface area contributed by atoms with Gasteiger partial charge in [0.05, 0.1) is 11.6 Å². The molecule has 0 spiro atoms. The molecule has 1 amide bonds. The SMILES string of the molecule is CCOc1cc(C)nc(NC(=O)COc2ccc(Cl)cc2Cl)n1. The number of halogens is 2. The van der Waals surface area contributed by atoms with Crippen LogP contribution in [0, 0.1) is 6.92 Å². The molecule has 8 heteroatoms. The molecule has 0 fully saturated rings. The van der Waals surface area contributed by atoms with Crippen LogP contribution in [0.5, 0.6) is 11.6 Å². The number of aromatic nitrogens is 2. The van der Waals surface area contributed by atoms with Crippen LogP contribution in [0.1, 0.15) is 12.6 Å². The third-order valence-electron chi connectivity index (χ3n) is 2.63. The lowest BCUT2D eigenvalue weighted by atomic mass is 10.3. The van der Waals surface area contributed by atoms with Crippen molar-refractivity contribution in [2.24, 2.45) is 0 Å². The summed E-state index contributed by atoms with van der Waals surface area (Å²) in [6.45, 7) is 3.87. The molecule has 0 atom stereocenters.